The number of rotatable bonds is 8. The molecule has 8 heteroatoms. The standard InChI is InChI=1S/C26H35N3O5/c1-33-21-14-9-15-22(34-2)23(21)20-16-19(28-29(20)18-12-7-4-8-13-18)25(30)27-24(26(31)32)17-10-5-3-6-11-17/h9,14-18,24H,3-8,10-13H2,1-2H3,(H,27,30)(H,31,32)/t24-/m0/s1. The van der Waals surface area contributed by atoms with E-state index in [0.717, 1.165) is 69.0 Å². The highest BCUT2D eigenvalue weighted by molar-refractivity contribution is 5.96. The summed E-state index contributed by atoms with van der Waals surface area (Å²) < 4.78 is 13.2. The molecule has 2 fully saturated rings. The van der Waals surface area contributed by atoms with Crippen LogP contribution in [-0.4, -0.2) is 47.0 Å². The Hall–Kier alpha value is -3.03. The fourth-order valence-corrected chi connectivity index (χ4v) is 5.46. The molecule has 4 rings (SSSR count). The molecule has 2 aliphatic rings. The number of carbonyl (C=O) groups excluding carboxylic acids is 1. The monoisotopic (exact) mass is 469 g/mol. The summed E-state index contributed by atoms with van der Waals surface area (Å²) in [4.78, 5) is 25.3. The maximum Gasteiger partial charge on any atom is 0.326 e. The first-order chi connectivity index (χ1) is 16.5. The maximum atomic E-state index is 13.3. The third-order valence-corrected chi connectivity index (χ3v) is 7.25. The van der Waals surface area contributed by atoms with Gasteiger partial charge in [-0.3, -0.25) is 9.48 Å². The van der Waals surface area contributed by atoms with E-state index < -0.39 is 17.9 Å². The molecule has 8 nitrogen and oxygen atoms in total. The quantitative estimate of drug-likeness (QED) is 0.574. The lowest BCUT2D eigenvalue weighted by Gasteiger charge is -2.27. The molecular weight excluding hydrogens is 434 g/mol. The van der Waals surface area contributed by atoms with Crippen LogP contribution < -0.4 is 14.8 Å². The van der Waals surface area contributed by atoms with Crippen LogP contribution in [0.4, 0.5) is 0 Å². The predicted molar refractivity (Wildman–Crippen MR) is 128 cm³/mol. The van der Waals surface area contributed by atoms with Crippen molar-refractivity contribution in [2.24, 2.45) is 5.92 Å². The van der Waals surface area contributed by atoms with Crippen molar-refractivity contribution in [3.05, 3.63) is 30.0 Å². The number of ether oxygens (including phenoxy) is 2. The van der Waals surface area contributed by atoms with Gasteiger partial charge in [0, 0.05) is 0 Å². The molecule has 2 saturated carbocycles. The zero-order valence-electron chi connectivity index (χ0n) is 20.1. The number of hydrogen-bond donors (Lipinski definition) is 2. The number of methoxy groups -OCH3 is 2. The van der Waals surface area contributed by atoms with Crippen LogP contribution in [0.15, 0.2) is 24.3 Å². The van der Waals surface area contributed by atoms with Gasteiger partial charge in [-0.15, -0.1) is 0 Å². The van der Waals surface area contributed by atoms with Gasteiger partial charge in [-0.2, -0.15) is 5.10 Å². The van der Waals surface area contributed by atoms with Crippen LogP contribution in [0.3, 0.4) is 0 Å². The summed E-state index contributed by atoms with van der Waals surface area (Å²) in [5.74, 6) is -0.228. The topological polar surface area (TPSA) is 103 Å². The number of nitrogens with zero attached hydrogens (tertiary/aromatic N) is 2. The molecule has 184 valence electrons. The molecule has 0 radical (unpaired) electrons. The number of hydrogen-bond acceptors (Lipinski definition) is 5. The van der Waals surface area contributed by atoms with Gasteiger partial charge in [0.25, 0.3) is 5.91 Å². The molecule has 34 heavy (non-hydrogen) atoms. The van der Waals surface area contributed by atoms with Crippen molar-refractivity contribution in [2.75, 3.05) is 14.2 Å². The van der Waals surface area contributed by atoms with E-state index in [0.29, 0.717) is 11.5 Å². The lowest BCUT2D eigenvalue weighted by atomic mass is 9.84. The van der Waals surface area contributed by atoms with Crippen molar-refractivity contribution < 1.29 is 24.2 Å². The minimum Gasteiger partial charge on any atom is -0.496 e. The second kappa shape index (κ2) is 10.9. The molecule has 1 aromatic carbocycles. The minimum absolute atomic E-state index is 0.0515. The van der Waals surface area contributed by atoms with Crippen LogP contribution in [0.1, 0.15) is 80.7 Å². The molecule has 2 aromatic rings. The second-order valence-corrected chi connectivity index (χ2v) is 9.38. The number of carbonyl (C=O) groups is 2. The first-order valence-corrected chi connectivity index (χ1v) is 12.4. The first-order valence-electron chi connectivity index (χ1n) is 12.4. The Kier molecular flexibility index (Phi) is 7.75. The van der Waals surface area contributed by atoms with E-state index in [1.807, 2.05) is 22.9 Å². The average molecular weight is 470 g/mol. The summed E-state index contributed by atoms with van der Waals surface area (Å²) in [6, 6.07) is 6.57. The lowest BCUT2D eigenvalue weighted by Crippen LogP contribution is -2.46. The molecule has 2 N–H and O–H groups in total. The minimum atomic E-state index is -0.987. The smallest absolute Gasteiger partial charge is 0.326 e. The number of aromatic nitrogens is 2. The summed E-state index contributed by atoms with van der Waals surface area (Å²) in [7, 11) is 3.21. The van der Waals surface area contributed by atoms with Crippen molar-refractivity contribution >= 4 is 11.9 Å². The van der Waals surface area contributed by atoms with Crippen molar-refractivity contribution in [1.29, 1.82) is 0 Å². The molecule has 1 aromatic heterocycles. The zero-order valence-corrected chi connectivity index (χ0v) is 20.1. The van der Waals surface area contributed by atoms with Crippen LogP contribution in [0.25, 0.3) is 11.3 Å². The Morgan fingerprint density at radius 1 is 1.00 bits per heavy atom. The van der Waals surface area contributed by atoms with Gasteiger partial charge in [0.1, 0.15) is 17.5 Å². The summed E-state index contributed by atoms with van der Waals surface area (Å²) in [5.41, 5.74) is 1.71. The van der Waals surface area contributed by atoms with Crippen LogP contribution in [0.2, 0.25) is 0 Å². The van der Waals surface area contributed by atoms with Crippen molar-refractivity contribution in [1.82, 2.24) is 15.1 Å². The molecule has 0 bridgehead atoms. The summed E-state index contributed by atoms with van der Waals surface area (Å²) in [6.07, 6.45) is 10.1. The molecule has 0 aliphatic heterocycles. The lowest BCUT2D eigenvalue weighted by molar-refractivity contribution is -0.141. The maximum absolute atomic E-state index is 13.3. The SMILES string of the molecule is COc1cccc(OC)c1-c1cc(C(=O)N[C@H](C(=O)O)C2CCCCC2)nn1C1CCCCC1. The molecule has 0 saturated heterocycles. The predicted octanol–water partition coefficient (Wildman–Crippen LogP) is 4.84. The Morgan fingerprint density at radius 3 is 2.15 bits per heavy atom. The molecule has 0 unspecified atom stereocenters. The van der Waals surface area contributed by atoms with E-state index >= 15 is 0 Å². The fraction of sp³-hybridized carbons (Fsp3) is 0.577. The van der Waals surface area contributed by atoms with E-state index in [4.69, 9.17) is 14.6 Å². The normalized spacial score (nSPS) is 18.3. The Bertz CT molecular complexity index is 984. The number of amides is 1. The van der Waals surface area contributed by atoms with Gasteiger partial charge in [0.05, 0.1) is 31.5 Å². The van der Waals surface area contributed by atoms with Crippen molar-refractivity contribution in [2.45, 2.75) is 76.3 Å². The Labute approximate surface area is 200 Å². The van der Waals surface area contributed by atoms with Gasteiger partial charge in [0.15, 0.2) is 5.69 Å². The van der Waals surface area contributed by atoms with Gasteiger partial charge < -0.3 is 19.9 Å². The Morgan fingerprint density at radius 2 is 1.59 bits per heavy atom. The summed E-state index contributed by atoms with van der Waals surface area (Å²) in [5, 5.41) is 17.3. The summed E-state index contributed by atoms with van der Waals surface area (Å²) in [6.45, 7) is 0. The number of benzene rings is 1. The third kappa shape index (κ3) is 5.05. The molecular formula is C26H35N3O5. The largest absolute Gasteiger partial charge is 0.496 e. The van der Waals surface area contributed by atoms with Crippen LogP contribution in [0.5, 0.6) is 11.5 Å². The number of nitrogens with one attached hydrogen (secondary N) is 1. The molecule has 2 aliphatic carbocycles. The average Bonchev–Trinajstić information content (AvgIpc) is 3.32. The van der Waals surface area contributed by atoms with E-state index in [2.05, 4.69) is 5.32 Å². The van der Waals surface area contributed by atoms with Gasteiger partial charge in [-0.25, -0.2) is 4.79 Å². The van der Waals surface area contributed by atoms with Crippen LogP contribution >= 0.6 is 0 Å². The van der Waals surface area contributed by atoms with E-state index in [-0.39, 0.29) is 17.7 Å². The molecule has 1 heterocycles. The number of carboxylic acids is 1. The van der Waals surface area contributed by atoms with Crippen LogP contribution in [0, 0.1) is 5.92 Å². The van der Waals surface area contributed by atoms with Crippen molar-refractivity contribution in [3.8, 4) is 22.8 Å². The molecule has 0 spiro atoms. The van der Waals surface area contributed by atoms with Crippen molar-refractivity contribution in [3.63, 3.8) is 0 Å². The van der Waals surface area contributed by atoms with E-state index in [1.54, 1.807) is 20.3 Å². The number of carboxylic acid groups (broad SMARTS) is 1. The second-order valence-electron chi connectivity index (χ2n) is 9.38. The fourth-order valence-electron chi connectivity index (χ4n) is 5.46. The first kappa shape index (κ1) is 24.1. The highest BCUT2D eigenvalue weighted by Crippen LogP contribution is 2.41. The van der Waals surface area contributed by atoms with Gasteiger partial charge in [-0.1, -0.05) is 44.6 Å². The third-order valence-electron chi connectivity index (χ3n) is 7.25. The van der Waals surface area contributed by atoms with E-state index in [1.165, 1.54) is 6.42 Å². The summed E-state index contributed by atoms with van der Waals surface area (Å²) >= 11 is 0. The van der Waals surface area contributed by atoms with Gasteiger partial charge in [0.2, 0.25) is 0 Å². The highest BCUT2D eigenvalue weighted by Gasteiger charge is 2.33. The van der Waals surface area contributed by atoms with E-state index in [9.17, 15) is 14.7 Å². The number of aliphatic carboxylic acids is 1. The molecule has 1 amide bonds. The zero-order chi connectivity index (χ0) is 24.1. The van der Waals surface area contributed by atoms with Crippen LogP contribution in [-0.2, 0) is 4.79 Å². The molecule has 1 atom stereocenters. The van der Waals surface area contributed by atoms with Gasteiger partial charge in [-0.05, 0) is 49.8 Å². The highest BCUT2D eigenvalue weighted by atomic mass is 16.5. The Balaban J connectivity index is 1.71. The van der Waals surface area contributed by atoms with Gasteiger partial charge >= 0.3 is 5.97 Å².